The van der Waals surface area contributed by atoms with Crippen molar-refractivity contribution in [3.05, 3.63) is 23.3 Å². The predicted octanol–water partition coefficient (Wildman–Crippen LogP) is 3.41. The molecule has 0 aromatic heterocycles. The van der Waals surface area contributed by atoms with Crippen molar-refractivity contribution in [2.45, 2.75) is 45.2 Å². The van der Waals surface area contributed by atoms with Crippen molar-refractivity contribution in [1.29, 1.82) is 0 Å². The molecule has 0 atom stereocenters. The summed E-state index contributed by atoms with van der Waals surface area (Å²) >= 11 is 0. The molecule has 1 heterocycles. The summed E-state index contributed by atoms with van der Waals surface area (Å²) in [5.41, 5.74) is -1.22. The van der Waals surface area contributed by atoms with Crippen LogP contribution in [0.25, 0.3) is 0 Å². The molecule has 0 amide bonds. The Kier molecular flexibility index (Phi) is 3.87. The van der Waals surface area contributed by atoms with Crippen LogP contribution in [-0.4, -0.2) is 24.3 Å². The van der Waals surface area contributed by atoms with Gasteiger partial charge in [-0.15, -0.1) is 0 Å². The van der Waals surface area contributed by atoms with Crippen LogP contribution in [0.1, 0.15) is 45.2 Å². The van der Waals surface area contributed by atoms with Gasteiger partial charge in [-0.2, -0.15) is 0 Å². The molecule has 0 saturated carbocycles. The molecule has 116 valence electrons. The van der Waals surface area contributed by atoms with Gasteiger partial charge in [0.25, 0.3) is 0 Å². The summed E-state index contributed by atoms with van der Waals surface area (Å²) in [6.07, 6.45) is -0.0876. The van der Waals surface area contributed by atoms with Crippen LogP contribution >= 0.6 is 0 Å². The third-order valence-corrected chi connectivity index (χ3v) is 3.65. The summed E-state index contributed by atoms with van der Waals surface area (Å²) in [5, 5.41) is 9.09. The van der Waals surface area contributed by atoms with E-state index in [1.54, 1.807) is 26.0 Å². The van der Waals surface area contributed by atoms with Crippen molar-refractivity contribution in [3.63, 3.8) is 0 Å². The Morgan fingerprint density at radius 1 is 1.14 bits per heavy atom. The Morgan fingerprint density at radius 2 is 1.62 bits per heavy atom. The summed E-state index contributed by atoms with van der Waals surface area (Å²) < 4.78 is 25.6. The van der Waals surface area contributed by atoms with Crippen LogP contribution in [0.5, 0.6) is 11.5 Å². The largest absolute Gasteiger partial charge is 0.486 e. The maximum atomic E-state index is 14.6. The SMILES string of the molecule is CC(C)(F)c1cc2c(cc1C(C)(C)CC(=O)O)OCCO2. The zero-order valence-corrected chi connectivity index (χ0v) is 12.8. The Labute approximate surface area is 123 Å². The molecule has 0 saturated heterocycles. The molecule has 21 heavy (non-hydrogen) atoms. The van der Waals surface area contributed by atoms with Crippen molar-refractivity contribution in [2.24, 2.45) is 0 Å². The highest BCUT2D eigenvalue weighted by Crippen LogP contribution is 2.43. The number of hydrogen-bond acceptors (Lipinski definition) is 3. The highest BCUT2D eigenvalue weighted by atomic mass is 19.1. The molecule has 0 aliphatic carbocycles. The van der Waals surface area contributed by atoms with Gasteiger partial charge in [0.15, 0.2) is 11.5 Å². The maximum Gasteiger partial charge on any atom is 0.304 e. The van der Waals surface area contributed by atoms with E-state index >= 15 is 0 Å². The topological polar surface area (TPSA) is 55.8 Å². The first-order valence-electron chi connectivity index (χ1n) is 6.96. The fourth-order valence-electron chi connectivity index (χ4n) is 2.61. The summed E-state index contributed by atoms with van der Waals surface area (Å²) in [6.45, 7) is 7.36. The van der Waals surface area contributed by atoms with Crippen LogP contribution in [0.15, 0.2) is 12.1 Å². The Bertz CT molecular complexity index is 558. The van der Waals surface area contributed by atoms with Crippen LogP contribution in [-0.2, 0) is 15.9 Å². The van der Waals surface area contributed by atoms with E-state index in [0.29, 0.717) is 35.8 Å². The lowest BCUT2D eigenvalue weighted by atomic mass is 9.76. The summed E-state index contributed by atoms with van der Waals surface area (Å²) in [7, 11) is 0. The number of carboxylic acids is 1. The fourth-order valence-corrected chi connectivity index (χ4v) is 2.61. The molecule has 2 rings (SSSR count). The molecule has 0 unspecified atom stereocenters. The van der Waals surface area contributed by atoms with Gasteiger partial charge in [0.2, 0.25) is 0 Å². The first-order valence-corrected chi connectivity index (χ1v) is 6.96. The first kappa shape index (κ1) is 15.6. The fraction of sp³-hybridized carbons (Fsp3) is 0.562. The van der Waals surface area contributed by atoms with Gasteiger partial charge in [0, 0.05) is 5.41 Å². The number of carbonyl (C=O) groups is 1. The molecule has 1 aromatic rings. The molecular formula is C16H21FO4. The van der Waals surface area contributed by atoms with Gasteiger partial charge in [-0.3, -0.25) is 4.79 Å². The number of benzene rings is 1. The second-order valence-corrected chi connectivity index (χ2v) is 6.47. The Hall–Kier alpha value is -1.78. The highest BCUT2D eigenvalue weighted by Gasteiger charge is 2.34. The minimum absolute atomic E-state index is 0.0876. The molecule has 0 fully saturated rings. The minimum Gasteiger partial charge on any atom is -0.486 e. The second kappa shape index (κ2) is 5.20. The number of aliphatic carboxylic acids is 1. The second-order valence-electron chi connectivity index (χ2n) is 6.47. The molecular weight excluding hydrogens is 275 g/mol. The monoisotopic (exact) mass is 296 g/mol. The average molecular weight is 296 g/mol. The van der Waals surface area contributed by atoms with E-state index in [2.05, 4.69) is 0 Å². The van der Waals surface area contributed by atoms with E-state index in [-0.39, 0.29) is 6.42 Å². The molecule has 0 bridgehead atoms. The third-order valence-electron chi connectivity index (χ3n) is 3.65. The van der Waals surface area contributed by atoms with Crippen molar-refractivity contribution in [1.82, 2.24) is 0 Å². The maximum absolute atomic E-state index is 14.6. The highest BCUT2D eigenvalue weighted by molar-refractivity contribution is 5.69. The standard InChI is InChI=1S/C16H21FO4/c1-15(2,9-14(18)19)10-7-12-13(21-6-5-20-12)8-11(10)16(3,4)17/h7-8H,5-6,9H2,1-4H3,(H,18,19). The van der Waals surface area contributed by atoms with E-state index in [9.17, 15) is 9.18 Å². The van der Waals surface area contributed by atoms with Gasteiger partial charge in [-0.25, -0.2) is 4.39 Å². The van der Waals surface area contributed by atoms with Crippen molar-refractivity contribution < 1.29 is 23.8 Å². The molecule has 1 aromatic carbocycles. The number of fused-ring (bicyclic) bond motifs is 1. The molecule has 5 heteroatoms. The van der Waals surface area contributed by atoms with Crippen molar-refractivity contribution in [2.75, 3.05) is 13.2 Å². The number of alkyl halides is 1. The van der Waals surface area contributed by atoms with E-state index < -0.39 is 17.1 Å². The van der Waals surface area contributed by atoms with E-state index in [4.69, 9.17) is 14.6 Å². The molecule has 0 spiro atoms. The first-order chi connectivity index (χ1) is 9.61. The molecule has 4 nitrogen and oxygen atoms in total. The number of carboxylic acid groups (broad SMARTS) is 1. The van der Waals surface area contributed by atoms with Gasteiger partial charge < -0.3 is 14.6 Å². The van der Waals surface area contributed by atoms with Gasteiger partial charge in [0.05, 0.1) is 6.42 Å². The molecule has 1 aliphatic rings. The number of rotatable bonds is 4. The predicted molar refractivity (Wildman–Crippen MR) is 76.8 cm³/mol. The van der Waals surface area contributed by atoms with Gasteiger partial charge in [-0.1, -0.05) is 13.8 Å². The van der Waals surface area contributed by atoms with E-state index in [1.165, 1.54) is 13.8 Å². The smallest absolute Gasteiger partial charge is 0.304 e. The minimum atomic E-state index is -1.60. The van der Waals surface area contributed by atoms with Crippen LogP contribution in [0.2, 0.25) is 0 Å². The van der Waals surface area contributed by atoms with Crippen LogP contribution in [0.4, 0.5) is 4.39 Å². The zero-order valence-electron chi connectivity index (χ0n) is 12.8. The van der Waals surface area contributed by atoms with Crippen LogP contribution < -0.4 is 9.47 Å². The van der Waals surface area contributed by atoms with Crippen molar-refractivity contribution >= 4 is 5.97 Å². The Balaban J connectivity index is 2.59. The number of halogens is 1. The van der Waals surface area contributed by atoms with Gasteiger partial charge >= 0.3 is 5.97 Å². The van der Waals surface area contributed by atoms with E-state index in [0.717, 1.165) is 0 Å². The van der Waals surface area contributed by atoms with Crippen LogP contribution in [0, 0.1) is 0 Å². The van der Waals surface area contributed by atoms with Gasteiger partial charge in [-0.05, 0) is 37.1 Å². The van der Waals surface area contributed by atoms with Gasteiger partial charge in [0.1, 0.15) is 18.9 Å². The zero-order chi connectivity index (χ0) is 15.8. The average Bonchev–Trinajstić information content (AvgIpc) is 2.34. The third kappa shape index (κ3) is 3.28. The summed E-state index contributed by atoms with van der Waals surface area (Å²) in [5.74, 6) is 0.136. The number of hydrogen-bond donors (Lipinski definition) is 1. The van der Waals surface area contributed by atoms with Crippen LogP contribution in [0.3, 0.4) is 0 Å². The quantitative estimate of drug-likeness (QED) is 0.925. The normalized spacial score (nSPS) is 14.9. The lowest BCUT2D eigenvalue weighted by Gasteiger charge is -2.32. The van der Waals surface area contributed by atoms with E-state index in [1.807, 2.05) is 0 Å². The summed E-state index contributed by atoms with van der Waals surface area (Å²) in [6, 6.07) is 3.35. The molecule has 1 aliphatic heterocycles. The lowest BCUT2D eigenvalue weighted by molar-refractivity contribution is -0.138. The Morgan fingerprint density at radius 3 is 2.05 bits per heavy atom. The summed E-state index contributed by atoms with van der Waals surface area (Å²) in [4.78, 5) is 11.1. The number of ether oxygens (including phenoxy) is 2. The van der Waals surface area contributed by atoms with Crippen molar-refractivity contribution in [3.8, 4) is 11.5 Å². The lowest BCUT2D eigenvalue weighted by Crippen LogP contribution is -2.27. The molecule has 0 radical (unpaired) electrons. The molecule has 1 N–H and O–H groups in total.